The van der Waals surface area contributed by atoms with E-state index in [1.54, 1.807) is 24.3 Å². The summed E-state index contributed by atoms with van der Waals surface area (Å²) in [6.07, 6.45) is 7.74. The van der Waals surface area contributed by atoms with Gasteiger partial charge in [0.1, 0.15) is 18.1 Å². The van der Waals surface area contributed by atoms with Gasteiger partial charge in [-0.3, -0.25) is 4.79 Å². The number of anilines is 1. The first kappa shape index (κ1) is 20.6. The molecule has 0 fully saturated rings. The average Bonchev–Trinajstić information content (AvgIpc) is 2.70. The third-order valence-electron chi connectivity index (χ3n) is 4.09. The standard InChI is InChI=1S/C23H29NO3/c1-3-5-6-7-8-17-27-21-14-12-19(13-15-21)23(25)24-20-10-9-11-22(18-20)26-16-4-2/h4,9-15,18H,2-3,5-8,16-17H2,1H3,(H,24,25). The average molecular weight is 367 g/mol. The zero-order chi connectivity index (χ0) is 19.3. The van der Waals surface area contributed by atoms with Gasteiger partial charge >= 0.3 is 0 Å². The van der Waals surface area contributed by atoms with E-state index in [1.165, 1.54) is 25.7 Å². The third kappa shape index (κ3) is 7.57. The lowest BCUT2D eigenvalue weighted by Crippen LogP contribution is -2.11. The highest BCUT2D eigenvalue weighted by molar-refractivity contribution is 6.04. The van der Waals surface area contributed by atoms with Crippen LogP contribution in [0.5, 0.6) is 11.5 Å². The van der Waals surface area contributed by atoms with Gasteiger partial charge in [0, 0.05) is 17.3 Å². The molecule has 0 aliphatic carbocycles. The first-order valence-electron chi connectivity index (χ1n) is 9.61. The largest absolute Gasteiger partial charge is 0.494 e. The smallest absolute Gasteiger partial charge is 0.255 e. The summed E-state index contributed by atoms with van der Waals surface area (Å²) < 4.78 is 11.2. The molecule has 0 spiro atoms. The maximum atomic E-state index is 12.4. The number of rotatable bonds is 12. The molecule has 1 amide bonds. The molecule has 0 aliphatic rings. The molecule has 4 heteroatoms. The molecule has 2 aromatic carbocycles. The van der Waals surface area contributed by atoms with Crippen molar-refractivity contribution in [1.29, 1.82) is 0 Å². The number of amides is 1. The van der Waals surface area contributed by atoms with E-state index in [0.717, 1.165) is 12.2 Å². The Hall–Kier alpha value is -2.75. The van der Waals surface area contributed by atoms with Crippen LogP contribution in [0.1, 0.15) is 49.4 Å². The van der Waals surface area contributed by atoms with Gasteiger partial charge in [0.25, 0.3) is 5.91 Å². The molecular formula is C23H29NO3. The van der Waals surface area contributed by atoms with E-state index in [0.29, 0.717) is 30.2 Å². The molecule has 0 bridgehead atoms. The van der Waals surface area contributed by atoms with Gasteiger partial charge in [-0.15, -0.1) is 0 Å². The van der Waals surface area contributed by atoms with Crippen LogP contribution in [0.3, 0.4) is 0 Å². The zero-order valence-electron chi connectivity index (χ0n) is 16.1. The van der Waals surface area contributed by atoms with Gasteiger partial charge in [0.05, 0.1) is 6.61 Å². The fourth-order valence-corrected chi connectivity index (χ4v) is 2.62. The monoisotopic (exact) mass is 367 g/mol. The quantitative estimate of drug-likeness (QED) is 0.378. The molecule has 27 heavy (non-hydrogen) atoms. The lowest BCUT2D eigenvalue weighted by molar-refractivity contribution is 0.102. The molecule has 0 heterocycles. The zero-order valence-corrected chi connectivity index (χ0v) is 16.1. The van der Waals surface area contributed by atoms with Crippen molar-refractivity contribution in [3.8, 4) is 11.5 Å². The van der Waals surface area contributed by atoms with Crippen molar-refractivity contribution in [3.05, 3.63) is 66.7 Å². The van der Waals surface area contributed by atoms with Crippen molar-refractivity contribution in [2.75, 3.05) is 18.5 Å². The predicted molar refractivity (Wildman–Crippen MR) is 111 cm³/mol. The van der Waals surface area contributed by atoms with E-state index < -0.39 is 0 Å². The van der Waals surface area contributed by atoms with Gasteiger partial charge in [-0.1, -0.05) is 51.3 Å². The first-order chi connectivity index (χ1) is 13.2. The van der Waals surface area contributed by atoms with Crippen LogP contribution < -0.4 is 14.8 Å². The van der Waals surface area contributed by atoms with Crippen molar-refractivity contribution in [3.63, 3.8) is 0 Å². The SMILES string of the molecule is C=CCOc1cccc(NC(=O)c2ccc(OCCCCCCC)cc2)c1. The Balaban J connectivity index is 1.82. The highest BCUT2D eigenvalue weighted by Crippen LogP contribution is 2.19. The van der Waals surface area contributed by atoms with E-state index in [-0.39, 0.29) is 5.91 Å². The summed E-state index contributed by atoms with van der Waals surface area (Å²) in [6, 6.07) is 14.5. The summed E-state index contributed by atoms with van der Waals surface area (Å²) in [5, 5.41) is 2.88. The van der Waals surface area contributed by atoms with Crippen LogP contribution in [0, 0.1) is 0 Å². The lowest BCUT2D eigenvalue weighted by Gasteiger charge is -2.09. The van der Waals surface area contributed by atoms with Crippen LogP contribution in [0.25, 0.3) is 0 Å². The van der Waals surface area contributed by atoms with Gasteiger partial charge in [0.15, 0.2) is 0 Å². The molecule has 0 unspecified atom stereocenters. The van der Waals surface area contributed by atoms with Gasteiger partial charge in [0.2, 0.25) is 0 Å². The second-order valence-corrected chi connectivity index (χ2v) is 6.37. The van der Waals surface area contributed by atoms with Crippen molar-refractivity contribution < 1.29 is 14.3 Å². The molecule has 144 valence electrons. The Morgan fingerprint density at radius 1 is 1.00 bits per heavy atom. The minimum absolute atomic E-state index is 0.165. The van der Waals surface area contributed by atoms with Crippen LogP contribution in [-0.2, 0) is 0 Å². The number of carbonyl (C=O) groups excluding carboxylic acids is 1. The number of carbonyl (C=O) groups is 1. The van der Waals surface area contributed by atoms with Gasteiger partial charge in [-0.25, -0.2) is 0 Å². The molecule has 0 atom stereocenters. The minimum atomic E-state index is -0.165. The summed E-state index contributed by atoms with van der Waals surface area (Å²) in [5.74, 6) is 1.32. The second kappa shape index (κ2) is 11.8. The predicted octanol–water partition coefficient (Wildman–Crippen LogP) is 5.85. The highest BCUT2D eigenvalue weighted by atomic mass is 16.5. The topological polar surface area (TPSA) is 47.6 Å². The van der Waals surface area contributed by atoms with Gasteiger partial charge in [-0.05, 0) is 42.8 Å². The Bertz CT molecular complexity index is 710. The molecule has 0 saturated heterocycles. The van der Waals surface area contributed by atoms with E-state index in [1.807, 2.05) is 30.3 Å². The number of benzene rings is 2. The molecule has 0 saturated carbocycles. The Kier molecular flexibility index (Phi) is 8.98. The van der Waals surface area contributed by atoms with Crippen molar-refractivity contribution in [1.82, 2.24) is 0 Å². The molecule has 1 N–H and O–H groups in total. The number of ether oxygens (including phenoxy) is 2. The number of hydrogen-bond donors (Lipinski definition) is 1. The van der Waals surface area contributed by atoms with E-state index >= 15 is 0 Å². The molecular weight excluding hydrogens is 338 g/mol. The number of unbranched alkanes of at least 4 members (excludes halogenated alkanes) is 4. The van der Waals surface area contributed by atoms with Crippen LogP contribution in [0.4, 0.5) is 5.69 Å². The van der Waals surface area contributed by atoms with E-state index in [2.05, 4.69) is 18.8 Å². The fraction of sp³-hybridized carbons (Fsp3) is 0.348. The summed E-state index contributed by atoms with van der Waals surface area (Å²) in [5.41, 5.74) is 1.27. The Morgan fingerprint density at radius 3 is 2.52 bits per heavy atom. The van der Waals surface area contributed by atoms with Crippen molar-refractivity contribution >= 4 is 11.6 Å². The summed E-state index contributed by atoms with van der Waals surface area (Å²) in [6.45, 7) is 6.98. The van der Waals surface area contributed by atoms with Crippen LogP contribution in [-0.4, -0.2) is 19.1 Å². The van der Waals surface area contributed by atoms with Crippen LogP contribution >= 0.6 is 0 Å². The molecule has 0 aliphatic heterocycles. The van der Waals surface area contributed by atoms with Gasteiger partial charge in [-0.2, -0.15) is 0 Å². The minimum Gasteiger partial charge on any atom is -0.494 e. The first-order valence-corrected chi connectivity index (χ1v) is 9.61. The molecule has 2 aromatic rings. The maximum absolute atomic E-state index is 12.4. The molecule has 0 aromatic heterocycles. The number of nitrogens with one attached hydrogen (secondary N) is 1. The van der Waals surface area contributed by atoms with Crippen LogP contribution in [0.2, 0.25) is 0 Å². The molecule has 2 rings (SSSR count). The molecule has 4 nitrogen and oxygen atoms in total. The normalized spacial score (nSPS) is 10.3. The summed E-state index contributed by atoms with van der Waals surface area (Å²) in [7, 11) is 0. The third-order valence-corrected chi connectivity index (χ3v) is 4.09. The molecule has 0 radical (unpaired) electrons. The van der Waals surface area contributed by atoms with Gasteiger partial charge < -0.3 is 14.8 Å². The van der Waals surface area contributed by atoms with Crippen molar-refractivity contribution in [2.24, 2.45) is 0 Å². The number of hydrogen-bond acceptors (Lipinski definition) is 3. The highest BCUT2D eigenvalue weighted by Gasteiger charge is 2.07. The second-order valence-electron chi connectivity index (χ2n) is 6.37. The van der Waals surface area contributed by atoms with E-state index in [9.17, 15) is 4.79 Å². The Morgan fingerprint density at radius 2 is 1.78 bits per heavy atom. The van der Waals surface area contributed by atoms with Crippen LogP contribution in [0.15, 0.2) is 61.2 Å². The lowest BCUT2D eigenvalue weighted by atomic mass is 10.1. The summed E-state index contributed by atoms with van der Waals surface area (Å²) in [4.78, 5) is 12.4. The van der Waals surface area contributed by atoms with E-state index in [4.69, 9.17) is 9.47 Å². The fourth-order valence-electron chi connectivity index (χ4n) is 2.62. The van der Waals surface area contributed by atoms with Crippen molar-refractivity contribution in [2.45, 2.75) is 39.0 Å². The summed E-state index contributed by atoms with van der Waals surface area (Å²) >= 11 is 0. The Labute approximate surface area is 162 Å². The maximum Gasteiger partial charge on any atom is 0.255 e.